The second-order valence-corrected chi connectivity index (χ2v) is 9.99. The number of fused-ring (bicyclic) bond motifs is 1. The Bertz CT molecular complexity index is 1280. The first kappa shape index (κ1) is 22.5. The molecule has 0 radical (unpaired) electrons. The fourth-order valence-electron chi connectivity index (χ4n) is 3.82. The SMILES string of the molecule is COP(c1cc(C)cc(C)c1)c1c(C(=O)NCc2ccccc2F)[nH]c2ccc(Cl)cc12. The van der Waals surface area contributed by atoms with E-state index < -0.39 is 8.15 Å². The average molecular weight is 469 g/mol. The molecule has 164 valence electrons. The first-order valence-electron chi connectivity index (χ1n) is 10.1. The highest BCUT2D eigenvalue weighted by atomic mass is 35.5. The van der Waals surface area contributed by atoms with Gasteiger partial charge in [0.05, 0.1) is 8.15 Å². The van der Waals surface area contributed by atoms with E-state index in [1.807, 2.05) is 26.0 Å². The molecule has 1 aromatic heterocycles. The second-order valence-electron chi connectivity index (χ2n) is 7.64. The maximum atomic E-state index is 14.0. The van der Waals surface area contributed by atoms with Crippen LogP contribution in [-0.2, 0) is 11.1 Å². The first-order valence-corrected chi connectivity index (χ1v) is 11.8. The molecule has 1 unspecified atom stereocenters. The lowest BCUT2D eigenvalue weighted by atomic mass is 10.2. The Balaban J connectivity index is 1.79. The summed E-state index contributed by atoms with van der Waals surface area (Å²) in [6, 6.07) is 18.1. The van der Waals surface area contributed by atoms with Crippen molar-refractivity contribution >= 4 is 47.2 Å². The van der Waals surface area contributed by atoms with Crippen LogP contribution in [0.5, 0.6) is 0 Å². The molecule has 3 aromatic carbocycles. The highest BCUT2D eigenvalue weighted by molar-refractivity contribution is 7.69. The maximum absolute atomic E-state index is 14.0. The van der Waals surface area contributed by atoms with E-state index >= 15 is 0 Å². The zero-order valence-electron chi connectivity index (χ0n) is 18.0. The highest BCUT2D eigenvalue weighted by Gasteiger charge is 2.27. The third kappa shape index (κ3) is 4.56. The van der Waals surface area contributed by atoms with Crippen LogP contribution in [0.15, 0.2) is 60.7 Å². The van der Waals surface area contributed by atoms with Gasteiger partial charge < -0.3 is 14.8 Å². The first-order chi connectivity index (χ1) is 15.4. The molecule has 0 saturated heterocycles. The van der Waals surface area contributed by atoms with E-state index in [4.69, 9.17) is 16.1 Å². The summed E-state index contributed by atoms with van der Waals surface area (Å²) >= 11 is 6.29. The molecule has 0 aliphatic heterocycles. The van der Waals surface area contributed by atoms with Crippen molar-refractivity contribution < 1.29 is 13.7 Å². The number of aryl methyl sites for hydroxylation is 2. The minimum atomic E-state index is -1.31. The van der Waals surface area contributed by atoms with Crippen molar-refractivity contribution in [1.82, 2.24) is 10.3 Å². The molecule has 0 aliphatic carbocycles. The number of hydrogen-bond donors (Lipinski definition) is 2. The molecule has 2 N–H and O–H groups in total. The molecule has 1 atom stereocenters. The van der Waals surface area contributed by atoms with Gasteiger partial charge in [-0.3, -0.25) is 4.79 Å². The summed E-state index contributed by atoms with van der Waals surface area (Å²) in [6.45, 7) is 4.15. The van der Waals surface area contributed by atoms with Crippen molar-refractivity contribution in [2.45, 2.75) is 20.4 Å². The summed E-state index contributed by atoms with van der Waals surface area (Å²) in [5, 5.41) is 6.01. The summed E-state index contributed by atoms with van der Waals surface area (Å²) in [5.41, 5.74) is 3.84. The molecule has 4 nitrogen and oxygen atoms in total. The van der Waals surface area contributed by atoms with E-state index in [1.54, 1.807) is 31.4 Å². The van der Waals surface area contributed by atoms with Gasteiger partial charge in [-0.2, -0.15) is 0 Å². The van der Waals surface area contributed by atoms with Crippen molar-refractivity contribution in [3.63, 3.8) is 0 Å². The Morgan fingerprint density at radius 2 is 1.81 bits per heavy atom. The molecule has 4 rings (SSSR count). The predicted octanol–water partition coefficient (Wildman–Crippen LogP) is 5.50. The number of halogens is 2. The van der Waals surface area contributed by atoms with E-state index in [-0.39, 0.29) is 18.3 Å². The number of H-pyrrole nitrogens is 1. The molecular formula is C25H23ClFN2O2P. The normalized spacial score (nSPS) is 12.2. The molecule has 0 saturated carbocycles. The summed E-state index contributed by atoms with van der Waals surface area (Å²) < 4.78 is 20.0. The summed E-state index contributed by atoms with van der Waals surface area (Å²) in [6.07, 6.45) is 0. The second kappa shape index (κ2) is 9.41. The lowest BCUT2D eigenvalue weighted by molar-refractivity contribution is 0.0947. The Morgan fingerprint density at radius 3 is 2.50 bits per heavy atom. The van der Waals surface area contributed by atoms with Gasteiger partial charge in [0, 0.05) is 45.8 Å². The summed E-state index contributed by atoms with van der Waals surface area (Å²) in [4.78, 5) is 16.5. The van der Waals surface area contributed by atoms with Gasteiger partial charge in [-0.25, -0.2) is 4.39 Å². The zero-order valence-corrected chi connectivity index (χ0v) is 19.7. The van der Waals surface area contributed by atoms with Gasteiger partial charge in [-0.1, -0.05) is 47.0 Å². The van der Waals surface area contributed by atoms with Crippen molar-refractivity contribution in [3.8, 4) is 0 Å². The minimum Gasteiger partial charge on any atom is -0.353 e. The maximum Gasteiger partial charge on any atom is 0.268 e. The number of rotatable bonds is 6. The quantitative estimate of drug-likeness (QED) is 0.367. The van der Waals surface area contributed by atoms with Crippen molar-refractivity contribution in [2.24, 2.45) is 0 Å². The van der Waals surface area contributed by atoms with Crippen LogP contribution in [-0.4, -0.2) is 18.0 Å². The monoisotopic (exact) mass is 468 g/mol. The molecule has 32 heavy (non-hydrogen) atoms. The molecule has 0 spiro atoms. The largest absolute Gasteiger partial charge is 0.353 e. The third-order valence-electron chi connectivity index (χ3n) is 5.18. The van der Waals surface area contributed by atoms with Crippen LogP contribution in [0.25, 0.3) is 10.9 Å². The van der Waals surface area contributed by atoms with Crippen LogP contribution >= 0.6 is 19.7 Å². The van der Waals surface area contributed by atoms with Crippen molar-refractivity contribution in [2.75, 3.05) is 7.11 Å². The smallest absolute Gasteiger partial charge is 0.268 e. The number of aromatic amines is 1. The number of benzene rings is 3. The van der Waals surface area contributed by atoms with Gasteiger partial charge in [0.25, 0.3) is 5.91 Å². The van der Waals surface area contributed by atoms with Gasteiger partial charge in [0.1, 0.15) is 11.5 Å². The number of nitrogens with one attached hydrogen (secondary N) is 2. The number of carbonyl (C=O) groups is 1. The fraction of sp³-hybridized carbons (Fsp3) is 0.160. The Labute approximate surface area is 192 Å². The topological polar surface area (TPSA) is 54.1 Å². The molecule has 0 aliphatic rings. The van der Waals surface area contributed by atoms with Gasteiger partial charge in [0.2, 0.25) is 0 Å². The fourth-order valence-corrected chi connectivity index (χ4v) is 6.05. The Morgan fingerprint density at radius 1 is 1.09 bits per heavy atom. The van der Waals surface area contributed by atoms with Gasteiger partial charge in [0.15, 0.2) is 0 Å². The van der Waals surface area contributed by atoms with Crippen molar-refractivity contribution in [3.05, 3.63) is 93.9 Å². The Hall–Kier alpha value is -2.72. The zero-order chi connectivity index (χ0) is 22.8. The number of hydrogen-bond acceptors (Lipinski definition) is 2. The molecule has 0 fully saturated rings. The van der Waals surface area contributed by atoms with Crippen LogP contribution in [0.2, 0.25) is 5.02 Å². The highest BCUT2D eigenvalue weighted by Crippen LogP contribution is 2.39. The van der Waals surface area contributed by atoms with Crippen LogP contribution in [0.3, 0.4) is 0 Å². The van der Waals surface area contributed by atoms with Gasteiger partial charge in [-0.15, -0.1) is 0 Å². The van der Waals surface area contributed by atoms with E-state index in [2.05, 4.69) is 28.5 Å². The van der Waals surface area contributed by atoms with Crippen LogP contribution in [0, 0.1) is 19.7 Å². The van der Waals surface area contributed by atoms with Gasteiger partial charge >= 0.3 is 0 Å². The third-order valence-corrected chi connectivity index (χ3v) is 7.38. The predicted molar refractivity (Wildman–Crippen MR) is 130 cm³/mol. The van der Waals surface area contributed by atoms with E-state index in [9.17, 15) is 9.18 Å². The number of carbonyl (C=O) groups excluding carboxylic acids is 1. The van der Waals surface area contributed by atoms with E-state index in [0.717, 1.165) is 32.6 Å². The molecule has 7 heteroatoms. The summed E-state index contributed by atoms with van der Waals surface area (Å²) in [7, 11) is 0.341. The Kier molecular flexibility index (Phi) is 6.61. The van der Waals surface area contributed by atoms with Crippen LogP contribution in [0.1, 0.15) is 27.2 Å². The minimum absolute atomic E-state index is 0.0789. The van der Waals surface area contributed by atoms with Crippen molar-refractivity contribution in [1.29, 1.82) is 0 Å². The lowest BCUT2D eigenvalue weighted by Gasteiger charge is -2.18. The standard InChI is InChI=1S/C25H23ClFN2O2P/c1-15-10-16(2)12-19(11-15)32(31-3)24-20-13-18(26)8-9-22(20)29-23(24)25(30)28-14-17-6-4-5-7-21(17)27/h4-13,29H,14H2,1-3H3,(H,28,30). The van der Waals surface area contributed by atoms with Crippen LogP contribution < -0.4 is 15.9 Å². The van der Waals surface area contributed by atoms with E-state index in [0.29, 0.717) is 16.3 Å². The molecule has 0 bridgehead atoms. The van der Waals surface area contributed by atoms with E-state index in [1.165, 1.54) is 6.07 Å². The number of amides is 1. The molecule has 1 amide bonds. The molecule has 1 heterocycles. The summed E-state index contributed by atoms with van der Waals surface area (Å²) in [5.74, 6) is -0.685. The van der Waals surface area contributed by atoms with Crippen LogP contribution in [0.4, 0.5) is 4.39 Å². The molecular weight excluding hydrogens is 446 g/mol. The average Bonchev–Trinajstić information content (AvgIpc) is 3.11. The number of aromatic nitrogens is 1. The van der Waals surface area contributed by atoms with Gasteiger partial charge in [-0.05, 0) is 50.2 Å². The lowest BCUT2D eigenvalue weighted by Crippen LogP contribution is -2.29. The molecule has 4 aromatic rings.